The van der Waals surface area contributed by atoms with Gasteiger partial charge in [0.1, 0.15) is 47.7 Å². The Bertz CT molecular complexity index is 2680. The molecule has 0 aromatic heterocycles. The van der Waals surface area contributed by atoms with Gasteiger partial charge < -0.3 is 38.3 Å². The molecule has 8 nitrogen and oxygen atoms in total. The minimum Gasteiger partial charge on any atom is -0.497 e. The number of aliphatic hydroxyl groups is 1. The molecular formula is C55H58O8. The Balaban J connectivity index is 1.36. The van der Waals surface area contributed by atoms with E-state index in [0.29, 0.717) is 36.2 Å². The van der Waals surface area contributed by atoms with Crippen molar-refractivity contribution in [2.24, 2.45) is 10.8 Å². The largest absolute Gasteiger partial charge is 0.497 e. The predicted octanol–water partition coefficient (Wildman–Crippen LogP) is 11.8. The predicted molar refractivity (Wildman–Crippen MR) is 250 cm³/mol. The third kappa shape index (κ3) is 7.27. The fourth-order valence-electron chi connectivity index (χ4n) is 11.6. The molecule has 6 aromatic rings. The summed E-state index contributed by atoms with van der Waals surface area (Å²) in [6, 6.07) is 35.6. The van der Waals surface area contributed by atoms with Gasteiger partial charge in [0.15, 0.2) is 5.60 Å². The van der Waals surface area contributed by atoms with Crippen molar-refractivity contribution in [2.75, 3.05) is 54.9 Å². The molecule has 1 N–H and O–H groups in total. The van der Waals surface area contributed by atoms with Crippen LogP contribution >= 0.6 is 0 Å². The van der Waals surface area contributed by atoms with Crippen LogP contribution in [-0.4, -0.2) is 60.0 Å². The van der Waals surface area contributed by atoms with Gasteiger partial charge in [0.05, 0.1) is 34.5 Å². The topological polar surface area (TPSA) is 84.8 Å². The molecule has 0 radical (unpaired) electrons. The number of ether oxygens (including phenoxy) is 7. The van der Waals surface area contributed by atoms with E-state index in [1.165, 1.54) is 22.3 Å². The number of methoxy groups -OCH3 is 4. The lowest BCUT2D eigenvalue weighted by Crippen LogP contribution is -2.44. The van der Waals surface area contributed by atoms with Gasteiger partial charge >= 0.3 is 0 Å². The summed E-state index contributed by atoms with van der Waals surface area (Å²) in [6.07, 6.45) is 7.69. The molecule has 1 spiro atoms. The Morgan fingerprint density at radius 3 is 1.83 bits per heavy atom. The Morgan fingerprint density at radius 1 is 0.587 bits per heavy atom. The van der Waals surface area contributed by atoms with Gasteiger partial charge in [0.25, 0.3) is 0 Å². The highest BCUT2D eigenvalue weighted by Crippen LogP contribution is 2.67. The third-order valence-corrected chi connectivity index (χ3v) is 13.3. The lowest BCUT2D eigenvalue weighted by Gasteiger charge is -2.52. The maximum Gasteiger partial charge on any atom is 0.178 e. The summed E-state index contributed by atoms with van der Waals surface area (Å²) in [5, 5.41) is 11.5. The van der Waals surface area contributed by atoms with E-state index in [1.54, 1.807) is 28.4 Å². The molecule has 1 atom stereocenters. The quantitative estimate of drug-likeness (QED) is 0.115. The first-order valence-electron chi connectivity index (χ1n) is 21.9. The van der Waals surface area contributed by atoms with E-state index in [0.717, 1.165) is 69.4 Å². The number of fused-ring (bicyclic) bond motifs is 10. The zero-order valence-electron chi connectivity index (χ0n) is 37.7. The first kappa shape index (κ1) is 42.3. The molecule has 1 unspecified atom stereocenters. The van der Waals surface area contributed by atoms with Crippen LogP contribution in [0.15, 0.2) is 109 Å². The molecule has 9 rings (SSSR count). The van der Waals surface area contributed by atoms with Crippen LogP contribution in [0.1, 0.15) is 74.8 Å². The van der Waals surface area contributed by atoms with E-state index in [1.807, 2.05) is 42.5 Å². The zero-order chi connectivity index (χ0) is 44.1. The lowest BCUT2D eigenvalue weighted by atomic mass is 9.52. The first-order valence-corrected chi connectivity index (χ1v) is 21.9. The van der Waals surface area contributed by atoms with Crippen molar-refractivity contribution in [3.63, 3.8) is 0 Å². The maximum absolute atomic E-state index is 9.49. The molecule has 63 heavy (non-hydrogen) atoms. The van der Waals surface area contributed by atoms with Crippen molar-refractivity contribution >= 4 is 16.8 Å². The first-order chi connectivity index (χ1) is 30.4. The van der Waals surface area contributed by atoms with Crippen molar-refractivity contribution in [3.8, 4) is 56.8 Å². The van der Waals surface area contributed by atoms with Crippen LogP contribution in [0.5, 0.6) is 34.5 Å². The number of hydrogen-bond acceptors (Lipinski definition) is 8. The smallest absolute Gasteiger partial charge is 0.178 e. The van der Waals surface area contributed by atoms with Gasteiger partial charge in [0.2, 0.25) is 0 Å². The lowest BCUT2D eigenvalue weighted by molar-refractivity contribution is 0.0642. The molecule has 0 bridgehead atoms. The summed E-state index contributed by atoms with van der Waals surface area (Å²) in [6.45, 7) is 10.8. The van der Waals surface area contributed by atoms with Crippen LogP contribution in [-0.2, 0) is 15.8 Å². The minimum absolute atomic E-state index is 0.0652. The summed E-state index contributed by atoms with van der Waals surface area (Å²) in [7, 11) is 6.75. The summed E-state index contributed by atoms with van der Waals surface area (Å²) in [5.41, 5.74) is 8.77. The second-order valence-corrected chi connectivity index (χ2v) is 18.8. The fourth-order valence-corrected chi connectivity index (χ4v) is 11.6. The Hall–Kier alpha value is -5.96. The molecule has 2 aliphatic carbocycles. The Kier molecular flexibility index (Phi) is 11.0. The van der Waals surface area contributed by atoms with Crippen LogP contribution < -0.4 is 28.4 Å². The highest BCUT2D eigenvalue weighted by molar-refractivity contribution is 6.11. The zero-order valence-corrected chi connectivity index (χ0v) is 37.7. The van der Waals surface area contributed by atoms with Crippen molar-refractivity contribution in [3.05, 3.63) is 137 Å². The maximum atomic E-state index is 9.49. The standard InChI is InChI=1S/C55H58O8/c1-52(2)32-53(3,4)34-54(33-52)46-12-10-9-11-41(46)49-44-30-43(40-22-21-39(58-6)29-47(40)59-7)48(60-8)31-45(44)51-42(50(49)54)23-24-55(63-51,35-13-17-37(18-14-35)61-26-25-56)36-15-19-38(20-16-36)62-28-27-57-5/h9-24,29-31,56H,25-28,32-34H2,1-8H3. The van der Waals surface area contributed by atoms with Crippen LogP contribution in [0.4, 0.5) is 0 Å². The minimum atomic E-state index is -1.05. The van der Waals surface area contributed by atoms with E-state index in [4.69, 9.17) is 33.2 Å². The van der Waals surface area contributed by atoms with Crippen LogP contribution in [0, 0.1) is 10.8 Å². The average Bonchev–Trinajstić information content (AvgIpc) is 3.54. The highest BCUT2D eigenvalue weighted by Gasteiger charge is 2.55. The normalized spacial score (nSPS) is 18.6. The van der Waals surface area contributed by atoms with Gasteiger partial charge in [-0.1, -0.05) is 82.3 Å². The summed E-state index contributed by atoms with van der Waals surface area (Å²) < 4.78 is 42.9. The van der Waals surface area contributed by atoms with Gasteiger partial charge in [-0.25, -0.2) is 0 Å². The molecule has 1 fully saturated rings. The van der Waals surface area contributed by atoms with Crippen LogP contribution in [0.3, 0.4) is 0 Å². The van der Waals surface area contributed by atoms with Crippen molar-refractivity contribution in [2.45, 2.75) is 58.0 Å². The van der Waals surface area contributed by atoms with Crippen molar-refractivity contribution in [1.82, 2.24) is 0 Å². The van der Waals surface area contributed by atoms with Crippen LogP contribution in [0.25, 0.3) is 39.1 Å². The number of benzene rings is 6. The molecule has 0 amide bonds. The molecule has 6 aromatic carbocycles. The third-order valence-electron chi connectivity index (χ3n) is 13.3. The second kappa shape index (κ2) is 16.3. The molecule has 3 aliphatic rings. The molecule has 1 saturated carbocycles. The number of hydrogen-bond donors (Lipinski definition) is 1. The SMILES string of the molecule is COCCOc1ccc(C2(c3ccc(OCCO)cc3)C=Cc3c4c(c5cc(-c6ccc(OC)cc6OC)c(OC)cc5c3O2)-c2ccccc2C42CC(C)(C)CC(C)(C)C2)cc1. The van der Waals surface area contributed by atoms with Gasteiger partial charge in [-0.3, -0.25) is 0 Å². The molecule has 1 heterocycles. The van der Waals surface area contributed by atoms with E-state index < -0.39 is 5.60 Å². The van der Waals surface area contributed by atoms with Gasteiger partial charge in [-0.05, 0) is 112 Å². The molecule has 326 valence electrons. The monoisotopic (exact) mass is 846 g/mol. The van der Waals surface area contributed by atoms with Gasteiger partial charge in [0, 0.05) is 51.8 Å². The van der Waals surface area contributed by atoms with E-state index in [2.05, 4.69) is 101 Å². The highest BCUT2D eigenvalue weighted by atomic mass is 16.5. The molecule has 0 saturated heterocycles. The van der Waals surface area contributed by atoms with Crippen molar-refractivity contribution < 1.29 is 38.3 Å². The van der Waals surface area contributed by atoms with E-state index >= 15 is 0 Å². The number of aliphatic hydroxyl groups excluding tert-OH is 1. The van der Waals surface area contributed by atoms with E-state index in [-0.39, 0.29) is 29.5 Å². The van der Waals surface area contributed by atoms with Gasteiger partial charge in [-0.2, -0.15) is 0 Å². The molecular weight excluding hydrogens is 789 g/mol. The second-order valence-electron chi connectivity index (χ2n) is 18.8. The van der Waals surface area contributed by atoms with Crippen molar-refractivity contribution in [1.29, 1.82) is 0 Å². The molecule has 8 heteroatoms. The fraction of sp³-hybridized carbons (Fsp3) is 0.345. The number of rotatable bonds is 13. The van der Waals surface area contributed by atoms with Crippen LogP contribution in [0.2, 0.25) is 0 Å². The Morgan fingerprint density at radius 2 is 1.21 bits per heavy atom. The average molecular weight is 847 g/mol. The van der Waals surface area contributed by atoms with E-state index in [9.17, 15) is 5.11 Å². The Labute approximate surface area is 371 Å². The summed E-state index contributed by atoms with van der Waals surface area (Å²) in [4.78, 5) is 0. The molecule has 1 aliphatic heterocycles. The summed E-state index contributed by atoms with van der Waals surface area (Å²) in [5.74, 6) is 4.31. The summed E-state index contributed by atoms with van der Waals surface area (Å²) >= 11 is 0. The van der Waals surface area contributed by atoms with Gasteiger partial charge in [-0.15, -0.1) is 0 Å².